The van der Waals surface area contributed by atoms with Crippen LogP contribution in [0.2, 0.25) is 0 Å². The number of halogens is 1. The Bertz CT molecular complexity index is 331. The molecule has 0 N–H and O–H groups in total. The van der Waals surface area contributed by atoms with Gasteiger partial charge in [0, 0.05) is 26.2 Å². The summed E-state index contributed by atoms with van der Waals surface area (Å²) in [6.45, 7) is 9.52. The highest BCUT2D eigenvalue weighted by Crippen LogP contribution is 2.08. The lowest BCUT2D eigenvalue weighted by atomic mass is 10.3. The summed E-state index contributed by atoms with van der Waals surface area (Å²) in [7, 11) is 2.16. The van der Waals surface area contributed by atoms with Gasteiger partial charge in [-0.15, -0.1) is 5.10 Å². The fourth-order valence-corrected chi connectivity index (χ4v) is 1.92. The predicted octanol–water partition coefficient (Wildman–Crippen LogP) is -2.99. The van der Waals surface area contributed by atoms with Gasteiger partial charge in [0.05, 0.1) is 12.6 Å². The first kappa shape index (κ1) is 14.3. The van der Waals surface area contributed by atoms with Gasteiger partial charge in [0.25, 0.3) is 0 Å². The molecule has 6 nitrogen and oxygen atoms in total. The number of rotatable bonds is 3. The lowest BCUT2D eigenvalue weighted by Crippen LogP contribution is -3.00. The average molecular weight is 260 g/mol. The third-order valence-electron chi connectivity index (χ3n) is 3.01. The van der Waals surface area contributed by atoms with Gasteiger partial charge in [0.1, 0.15) is 0 Å². The van der Waals surface area contributed by atoms with E-state index in [0.29, 0.717) is 6.04 Å². The number of nitrogens with zero attached hydrogens (tertiary/aromatic N) is 6. The summed E-state index contributed by atoms with van der Waals surface area (Å²) < 4.78 is 1.90. The molecule has 17 heavy (non-hydrogen) atoms. The monoisotopic (exact) mass is 259 g/mol. The number of likely N-dealkylation sites (N-methyl/N-ethyl adjacent to an activating group) is 1. The Balaban J connectivity index is 0.00000144. The molecule has 0 amide bonds. The summed E-state index contributed by atoms with van der Waals surface area (Å²) in [5, 5.41) is 11.9. The number of piperazine rings is 1. The molecule has 1 aliphatic rings. The van der Waals surface area contributed by atoms with Gasteiger partial charge in [-0.2, -0.15) is 0 Å². The molecule has 98 valence electrons. The summed E-state index contributed by atoms with van der Waals surface area (Å²) >= 11 is 0. The van der Waals surface area contributed by atoms with Crippen LogP contribution in [-0.4, -0.2) is 63.2 Å². The van der Waals surface area contributed by atoms with Crippen LogP contribution in [-0.2, 0) is 6.54 Å². The van der Waals surface area contributed by atoms with E-state index in [1.54, 1.807) is 0 Å². The van der Waals surface area contributed by atoms with E-state index in [4.69, 9.17) is 0 Å². The maximum Gasteiger partial charge on any atom is 0.165 e. The van der Waals surface area contributed by atoms with Crippen LogP contribution in [0.1, 0.15) is 25.7 Å². The average Bonchev–Trinajstić information content (AvgIpc) is 2.69. The summed E-state index contributed by atoms with van der Waals surface area (Å²) in [5.41, 5.74) is 0. The molecule has 1 saturated heterocycles. The molecule has 7 heteroatoms. The molecule has 0 atom stereocenters. The van der Waals surface area contributed by atoms with Crippen molar-refractivity contribution in [3.05, 3.63) is 5.82 Å². The van der Waals surface area contributed by atoms with Crippen molar-refractivity contribution in [1.82, 2.24) is 30.0 Å². The number of hydrogen-bond acceptors (Lipinski definition) is 5. The van der Waals surface area contributed by atoms with Crippen molar-refractivity contribution in [2.75, 3.05) is 33.2 Å². The summed E-state index contributed by atoms with van der Waals surface area (Å²) in [4.78, 5) is 4.76. The van der Waals surface area contributed by atoms with Crippen LogP contribution in [0.25, 0.3) is 0 Å². The minimum Gasteiger partial charge on any atom is -1.00 e. The van der Waals surface area contributed by atoms with Crippen LogP contribution in [0.3, 0.4) is 0 Å². The summed E-state index contributed by atoms with van der Waals surface area (Å²) in [6, 6.07) is 0.331. The van der Waals surface area contributed by atoms with Gasteiger partial charge in [-0.1, -0.05) is 0 Å². The van der Waals surface area contributed by atoms with Gasteiger partial charge in [-0.3, -0.25) is 4.90 Å². The van der Waals surface area contributed by atoms with Crippen molar-refractivity contribution in [1.29, 1.82) is 0 Å². The van der Waals surface area contributed by atoms with Crippen molar-refractivity contribution in [3.8, 4) is 0 Å². The third kappa shape index (κ3) is 3.62. The zero-order valence-electron chi connectivity index (χ0n) is 10.7. The van der Waals surface area contributed by atoms with E-state index in [9.17, 15) is 0 Å². The zero-order chi connectivity index (χ0) is 11.5. The van der Waals surface area contributed by atoms with Crippen molar-refractivity contribution >= 4 is 0 Å². The van der Waals surface area contributed by atoms with E-state index in [2.05, 4.69) is 46.2 Å². The molecule has 1 aliphatic heterocycles. The van der Waals surface area contributed by atoms with Gasteiger partial charge in [0.2, 0.25) is 0 Å². The van der Waals surface area contributed by atoms with E-state index in [1.807, 2.05) is 4.68 Å². The molecule has 0 spiro atoms. The van der Waals surface area contributed by atoms with Gasteiger partial charge in [0.15, 0.2) is 5.82 Å². The molecule has 0 radical (unpaired) electrons. The number of tetrazole rings is 1. The van der Waals surface area contributed by atoms with E-state index < -0.39 is 0 Å². The molecule has 0 aromatic carbocycles. The first-order valence-electron chi connectivity index (χ1n) is 5.84. The molecule has 0 saturated carbocycles. The van der Waals surface area contributed by atoms with E-state index in [0.717, 1.165) is 38.5 Å². The highest BCUT2D eigenvalue weighted by Gasteiger charge is 2.17. The van der Waals surface area contributed by atoms with Crippen molar-refractivity contribution in [2.24, 2.45) is 0 Å². The minimum atomic E-state index is 0. The fraction of sp³-hybridized carbons (Fsp3) is 0.900. The predicted molar refractivity (Wildman–Crippen MR) is 61.0 cm³/mol. The second-order valence-corrected chi connectivity index (χ2v) is 4.71. The normalized spacial score (nSPS) is 18.4. The van der Waals surface area contributed by atoms with Gasteiger partial charge < -0.3 is 17.3 Å². The smallest absolute Gasteiger partial charge is 0.165 e. The van der Waals surface area contributed by atoms with Crippen molar-refractivity contribution in [3.63, 3.8) is 0 Å². The van der Waals surface area contributed by atoms with Crippen molar-refractivity contribution in [2.45, 2.75) is 26.4 Å². The Morgan fingerprint density at radius 3 is 2.41 bits per heavy atom. The summed E-state index contributed by atoms with van der Waals surface area (Å²) in [6.07, 6.45) is 0. The Kier molecular flexibility index (Phi) is 5.30. The van der Waals surface area contributed by atoms with Crippen LogP contribution in [0.4, 0.5) is 0 Å². The van der Waals surface area contributed by atoms with Crippen LogP contribution >= 0.6 is 0 Å². The SMILES string of the molecule is CC(C)n1nnnc1CN1CCN(C)CC1.[Cl-]. The Labute approximate surface area is 108 Å². The third-order valence-corrected chi connectivity index (χ3v) is 3.01. The molecular weight excluding hydrogens is 240 g/mol. The second kappa shape index (κ2) is 6.28. The van der Waals surface area contributed by atoms with E-state index in [1.165, 1.54) is 0 Å². The zero-order valence-corrected chi connectivity index (χ0v) is 11.4. The molecular formula is C10H20ClN6-. The summed E-state index contributed by atoms with van der Waals surface area (Å²) in [5.74, 6) is 0.972. The Morgan fingerprint density at radius 2 is 1.82 bits per heavy atom. The first-order valence-corrected chi connectivity index (χ1v) is 5.84. The van der Waals surface area contributed by atoms with Crippen LogP contribution in [0.5, 0.6) is 0 Å². The highest BCUT2D eigenvalue weighted by molar-refractivity contribution is 4.84. The Morgan fingerprint density at radius 1 is 1.18 bits per heavy atom. The second-order valence-electron chi connectivity index (χ2n) is 4.71. The number of aromatic nitrogens is 4. The van der Waals surface area contributed by atoms with Gasteiger partial charge in [-0.05, 0) is 31.3 Å². The topological polar surface area (TPSA) is 50.1 Å². The quantitative estimate of drug-likeness (QED) is 0.579. The van der Waals surface area contributed by atoms with Gasteiger partial charge in [-0.25, -0.2) is 4.68 Å². The molecule has 1 fully saturated rings. The van der Waals surface area contributed by atoms with E-state index in [-0.39, 0.29) is 12.4 Å². The first-order chi connectivity index (χ1) is 7.66. The van der Waals surface area contributed by atoms with Crippen LogP contribution < -0.4 is 12.4 Å². The molecule has 2 rings (SSSR count). The lowest BCUT2D eigenvalue weighted by Gasteiger charge is -2.31. The van der Waals surface area contributed by atoms with Crippen LogP contribution in [0.15, 0.2) is 0 Å². The maximum atomic E-state index is 4.10. The fourth-order valence-electron chi connectivity index (χ4n) is 1.92. The molecule has 1 aromatic rings. The Hall–Kier alpha value is -0.720. The van der Waals surface area contributed by atoms with Crippen LogP contribution in [0, 0.1) is 0 Å². The molecule has 0 unspecified atom stereocenters. The molecule has 2 heterocycles. The van der Waals surface area contributed by atoms with E-state index >= 15 is 0 Å². The highest BCUT2D eigenvalue weighted by atomic mass is 35.5. The van der Waals surface area contributed by atoms with Crippen molar-refractivity contribution < 1.29 is 12.4 Å². The number of hydrogen-bond donors (Lipinski definition) is 0. The molecule has 0 aliphatic carbocycles. The molecule has 0 bridgehead atoms. The largest absolute Gasteiger partial charge is 1.00 e. The minimum absolute atomic E-state index is 0. The molecule has 1 aromatic heterocycles. The van der Waals surface area contributed by atoms with Gasteiger partial charge >= 0.3 is 0 Å². The maximum absolute atomic E-state index is 4.10. The standard InChI is InChI=1S/C10H20N6.ClH/c1-9(2)16-10(11-12-13-16)8-15-6-4-14(3)5-7-15;/h9H,4-8H2,1-3H3;1H/p-1. The lowest BCUT2D eigenvalue weighted by molar-refractivity contribution is -0.00000386.